The molecule has 4 saturated heterocycles. The predicted octanol–water partition coefficient (Wildman–Crippen LogP) is 13.8. The number of carbonyl (C=O) groups is 2. The monoisotopic (exact) mass is 1410 g/mol. The molecule has 2 amide bonds. The summed E-state index contributed by atoms with van der Waals surface area (Å²) in [6.07, 6.45) is 0. The molecule has 0 aliphatic carbocycles. The van der Waals surface area contributed by atoms with Crippen molar-refractivity contribution in [3.63, 3.8) is 0 Å². The van der Waals surface area contributed by atoms with Gasteiger partial charge in [0.15, 0.2) is 0 Å². The average molecular weight is 1410 g/mol. The molecule has 13 aromatic rings. The molecule has 0 saturated carbocycles. The van der Waals surface area contributed by atoms with Gasteiger partial charge in [-0.05, 0) is 101 Å². The number of urea groups is 1. The van der Waals surface area contributed by atoms with Gasteiger partial charge in [0.2, 0.25) is 0 Å². The Bertz CT molecular complexity index is 5340. The van der Waals surface area contributed by atoms with Crippen LogP contribution in [0, 0.1) is 51.7 Å². The summed E-state index contributed by atoms with van der Waals surface area (Å²) in [5.74, 6) is 4.43. The minimum absolute atomic E-state index is 0.0747. The van der Waals surface area contributed by atoms with Gasteiger partial charge in [-0.25, -0.2) is 29.5 Å². The number of aromatic amines is 2. The van der Waals surface area contributed by atoms with Gasteiger partial charge in [0.1, 0.15) is 51.7 Å². The lowest BCUT2D eigenvalue weighted by atomic mass is 9.97. The SMILES string of the molecule is C1CN(C2COC2)CCN1.COc1cc2c(cc1-c1c(C)noc1C)[nH]c1nc(C)nc(-c3ccc(N)c4ccccc34)c12.COc1cc2c(cc1-c1c(C)noc1C)[nH]c1nc(C)nc(-c3ccc(NC(=O)N4CCN(C5COC5)CC4)c4ccccc34)c12.O=C(Cl)Oc1ccc([N+](=O)[O-])cc1. The molecule has 26 nitrogen and oxygen atoms in total. The highest BCUT2D eigenvalue weighted by Gasteiger charge is 2.32. The van der Waals surface area contributed by atoms with Gasteiger partial charge in [-0.2, -0.15) is 0 Å². The Morgan fingerprint density at radius 2 is 1.06 bits per heavy atom. The van der Waals surface area contributed by atoms with E-state index in [-0.39, 0.29) is 17.5 Å². The van der Waals surface area contributed by atoms with E-state index < -0.39 is 10.4 Å². The largest absolute Gasteiger partial charge is 0.496 e. The Morgan fingerprint density at radius 3 is 1.51 bits per heavy atom. The molecule has 6 N–H and O–H groups in total. The van der Waals surface area contributed by atoms with Gasteiger partial charge >= 0.3 is 11.5 Å². The Morgan fingerprint density at radius 1 is 0.583 bits per heavy atom. The third-order valence-corrected chi connectivity index (χ3v) is 19.4. The summed E-state index contributed by atoms with van der Waals surface area (Å²) >= 11 is 4.92. The highest BCUT2D eigenvalue weighted by molar-refractivity contribution is 6.61. The summed E-state index contributed by atoms with van der Waals surface area (Å²) < 4.78 is 37.5. The van der Waals surface area contributed by atoms with Crippen LogP contribution in [0.5, 0.6) is 17.2 Å². The van der Waals surface area contributed by atoms with E-state index in [0.29, 0.717) is 36.5 Å². The lowest BCUT2D eigenvalue weighted by Gasteiger charge is -2.42. The zero-order chi connectivity index (χ0) is 71.7. The van der Waals surface area contributed by atoms with Gasteiger partial charge < -0.3 is 64.0 Å². The van der Waals surface area contributed by atoms with Crippen LogP contribution in [0.1, 0.15) is 34.6 Å². The van der Waals surface area contributed by atoms with Crippen molar-refractivity contribution in [3.05, 3.63) is 166 Å². The molecule has 27 heteroatoms. The second-order valence-corrected chi connectivity index (χ2v) is 26.0. The number of carbonyl (C=O) groups excluding carboxylic acids is 2. The van der Waals surface area contributed by atoms with E-state index in [0.717, 1.165) is 209 Å². The zero-order valence-electron chi connectivity index (χ0n) is 58.1. The maximum atomic E-state index is 13.4. The van der Waals surface area contributed by atoms with E-state index in [1.165, 1.54) is 37.4 Å². The number of nitrogen functional groups attached to an aromatic ring is 1. The summed E-state index contributed by atoms with van der Waals surface area (Å²) in [6, 6.07) is 38.6. The molecule has 4 aliphatic heterocycles. The van der Waals surface area contributed by atoms with Gasteiger partial charge in [0, 0.05) is 137 Å². The Kier molecular flexibility index (Phi) is 19.7. The van der Waals surface area contributed by atoms with Crippen molar-refractivity contribution in [2.24, 2.45) is 0 Å². The van der Waals surface area contributed by atoms with Crippen LogP contribution in [0.25, 0.3) is 110 Å². The normalized spacial score (nSPS) is 15.1. The van der Waals surface area contributed by atoms with Gasteiger partial charge in [-0.1, -0.05) is 71.0 Å². The number of hydrogen-bond donors (Lipinski definition) is 5. The number of aromatic nitrogens is 8. The van der Waals surface area contributed by atoms with Crippen molar-refractivity contribution in [1.82, 2.24) is 60.2 Å². The number of nitro groups is 1. The topological polar surface area (TPSA) is 318 Å². The van der Waals surface area contributed by atoms with Crippen LogP contribution in [0.3, 0.4) is 0 Å². The van der Waals surface area contributed by atoms with E-state index in [1.807, 2.05) is 119 Å². The van der Waals surface area contributed by atoms with Crippen molar-refractivity contribution in [2.75, 3.05) is 104 Å². The second kappa shape index (κ2) is 29.4. The van der Waals surface area contributed by atoms with Gasteiger partial charge in [-0.3, -0.25) is 19.9 Å². The minimum atomic E-state index is -0.978. The number of amides is 2. The molecule has 4 fully saturated rings. The Balaban J connectivity index is 0.000000136. The molecule has 7 aromatic carbocycles. The number of H-pyrrole nitrogens is 2. The first-order valence-corrected chi connectivity index (χ1v) is 34.2. The summed E-state index contributed by atoms with van der Waals surface area (Å²) in [5.41, 5.74) is 19.0. The molecule has 0 atom stereocenters. The lowest BCUT2D eigenvalue weighted by molar-refractivity contribution is -0.384. The van der Waals surface area contributed by atoms with Crippen molar-refractivity contribution in [2.45, 2.75) is 53.6 Å². The quantitative estimate of drug-likeness (QED) is 0.0348. The fourth-order valence-corrected chi connectivity index (χ4v) is 14.1. The standard InChI is InChI=1S/C35H35N7O4.C27H23N5O2.C7H4ClNO4.C7H14N2O/c1-19-31(20(2)46-40-19)27-15-29-26(16-30(27)44-4)32-33(36-21(3)37-34(32)38-29)25-9-10-28(24-8-6-5-7-23(24)25)39-35(43)42-13-11-41(12-14-42)22-17-45-18-22;1-13-24(14(2)34-32-13)20-11-22-19(12-23(20)33-4)25-26(29-15(3)30-27(25)31-22)18-9-10-21(28)17-8-6-5-7-16(17)18;8-7(10)13-6-3-1-5(2-4-6)9(11)12;1-3-9(4-2-8-1)7-5-10-6-7/h5-10,15-16,22H,11-14,17-18H2,1-4H3,(H,39,43)(H,36,37,38);5-12H,28H2,1-4H3,(H,29,30,31);1-4H;7-8H,1-6H2. The van der Waals surface area contributed by atoms with Crippen LogP contribution in [-0.4, -0.2) is 176 Å². The molecule has 17 rings (SSSR count). The fourth-order valence-electron chi connectivity index (χ4n) is 14.0. The highest BCUT2D eigenvalue weighted by atomic mass is 35.5. The number of rotatable bonds is 11. The summed E-state index contributed by atoms with van der Waals surface area (Å²) in [5, 5.41) is 32.8. The summed E-state index contributed by atoms with van der Waals surface area (Å²) in [4.78, 5) is 66.5. The van der Waals surface area contributed by atoms with Crippen molar-refractivity contribution >= 4 is 106 Å². The van der Waals surface area contributed by atoms with Crippen LogP contribution >= 0.6 is 11.6 Å². The molecule has 0 unspecified atom stereocenters. The van der Waals surface area contributed by atoms with Gasteiger partial charge in [0.05, 0.1) is 108 Å². The number of anilines is 2. The van der Waals surface area contributed by atoms with E-state index >= 15 is 0 Å². The highest BCUT2D eigenvalue weighted by Crippen LogP contribution is 2.46. The number of nitrogens with one attached hydrogen (secondary N) is 4. The molecule has 6 aromatic heterocycles. The molecular formula is C76H76ClN15O11. The molecule has 0 bridgehead atoms. The predicted molar refractivity (Wildman–Crippen MR) is 396 cm³/mol. The third-order valence-electron chi connectivity index (χ3n) is 19.3. The minimum Gasteiger partial charge on any atom is -0.496 e. The van der Waals surface area contributed by atoms with Crippen molar-refractivity contribution in [1.29, 1.82) is 0 Å². The summed E-state index contributed by atoms with van der Waals surface area (Å²) in [6.45, 7) is 22.8. The van der Waals surface area contributed by atoms with E-state index in [1.54, 1.807) is 14.2 Å². The van der Waals surface area contributed by atoms with Crippen LogP contribution in [0.2, 0.25) is 0 Å². The van der Waals surface area contributed by atoms with Crippen LogP contribution < -0.4 is 30.6 Å². The van der Waals surface area contributed by atoms with Gasteiger partial charge in [-0.15, -0.1) is 0 Å². The zero-order valence-corrected chi connectivity index (χ0v) is 58.9. The first kappa shape index (κ1) is 69.0. The molecular weight excluding hydrogens is 1330 g/mol. The van der Waals surface area contributed by atoms with E-state index in [4.69, 9.17) is 65.3 Å². The number of fused-ring (bicyclic) bond motifs is 8. The number of benzene rings is 7. The fraction of sp³-hybridized carbons (Fsp3) is 0.289. The number of aryl methyl sites for hydroxylation is 6. The number of methoxy groups -OCH3 is 2. The number of hydrogen-bond acceptors (Lipinski definition) is 21. The molecule has 528 valence electrons. The Labute approximate surface area is 595 Å². The summed E-state index contributed by atoms with van der Waals surface area (Å²) in [7, 11) is 3.34. The number of nitrogens with zero attached hydrogens (tertiary/aromatic N) is 10. The van der Waals surface area contributed by atoms with Crippen LogP contribution in [0.15, 0.2) is 130 Å². The molecule has 0 spiro atoms. The second-order valence-electron chi connectivity index (χ2n) is 25.7. The van der Waals surface area contributed by atoms with E-state index in [2.05, 4.69) is 69.7 Å². The molecule has 0 radical (unpaired) electrons. The lowest BCUT2D eigenvalue weighted by Crippen LogP contribution is -2.57. The molecule has 4 aliphatic rings. The maximum absolute atomic E-state index is 13.4. The Hall–Kier alpha value is -11.1. The number of piperazine rings is 2. The van der Waals surface area contributed by atoms with Crippen LogP contribution in [-0.2, 0) is 9.47 Å². The van der Waals surface area contributed by atoms with Crippen LogP contribution in [0.4, 0.5) is 26.7 Å². The maximum Gasteiger partial charge on any atom is 0.409 e. The number of halogens is 1. The van der Waals surface area contributed by atoms with Gasteiger partial charge in [0.25, 0.3) is 5.69 Å². The van der Waals surface area contributed by atoms with E-state index in [9.17, 15) is 19.7 Å². The van der Waals surface area contributed by atoms with Crippen molar-refractivity contribution in [3.8, 4) is 62.0 Å². The third kappa shape index (κ3) is 13.9. The first-order chi connectivity index (χ1) is 49.9. The first-order valence-electron chi connectivity index (χ1n) is 33.9. The molecule has 103 heavy (non-hydrogen) atoms. The molecule has 10 heterocycles. The smallest absolute Gasteiger partial charge is 0.409 e. The number of nitrogens with two attached hydrogens (primary N) is 1. The number of non-ortho nitro benzene ring substituents is 1. The number of ether oxygens (including phenoxy) is 5. The average Bonchev–Trinajstić information content (AvgIpc) is 1.63. The van der Waals surface area contributed by atoms with Crippen molar-refractivity contribution < 1.29 is 47.2 Å². The number of nitro benzene ring substituents is 1.